The molecule has 0 radical (unpaired) electrons. The summed E-state index contributed by atoms with van der Waals surface area (Å²) in [6.45, 7) is 3.51. The second-order valence-electron chi connectivity index (χ2n) is 6.44. The Kier molecular flexibility index (Phi) is 3.65. The largest absolute Gasteiger partial charge is 0.385 e. The SMILES string of the molecule is Cc1cc(N2CCC(O)(c3cccc4cnccc34)CC2)ncn1. The van der Waals surface area contributed by atoms with E-state index in [0.29, 0.717) is 12.8 Å². The molecule has 122 valence electrons. The molecule has 1 saturated heterocycles. The molecule has 4 rings (SSSR count). The summed E-state index contributed by atoms with van der Waals surface area (Å²) in [6.07, 6.45) is 6.59. The molecule has 5 nitrogen and oxygen atoms in total. The molecule has 0 bridgehead atoms. The van der Waals surface area contributed by atoms with E-state index in [1.807, 2.05) is 43.5 Å². The number of nitrogens with zero attached hydrogens (tertiary/aromatic N) is 4. The van der Waals surface area contributed by atoms with Crippen molar-refractivity contribution in [2.45, 2.75) is 25.4 Å². The lowest BCUT2D eigenvalue weighted by Gasteiger charge is -2.39. The monoisotopic (exact) mass is 320 g/mol. The highest BCUT2D eigenvalue weighted by Gasteiger charge is 2.35. The Bertz CT molecular complexity index is 867. The van der Waals surface area contributed by atoms with E-state index in [2.05, 4.69) is 19.9 Å². The summed E-state index contributed by atoms with van der Waals surface area (Å²) in [5, 5.41) is 13.4. The van der Waals surface area contributed by atoms with Gasteiger partial charge in [-0.05, 0) is 36.8 Å². The van der Waals surface area contributed by atoms with Gasteiger partial charge in [-0.2, -0.15) is 0 Å². The highest BCUT2D eigenvalue weighted by Crippen LogP contribution is 2.37. The Labute approximate surface area is 141 Å². The van der Waals surface area contributed by atoms with Gasteiger partial charge < -0.3 is 10.0 Å². The minimum atomic E-state index is -0.806. The second kappa shape index (κ2) is 5.83. The molecule has 0 saturated carbocycles. The van der Waals surface area contributed by atoms with Gasteiger partial charge in [0, 0.05) is 42.6 Å². The maximum atomic E-state index is 11.3. The van der Waals surface area contributed by atoms with Crippen LogP contribution in [0.4, 0.5) is 5.82 Å². The number of rotatable bonds is 2. The van der Waals surface area contributed by atoms with Crippen molar-refractivity contribution in [1.29, 1.82) is 0 Å². The number of benzene rings is 1. The number of aromatic nitrogens is 3. The first-order valence-corrected chi connectivity index (χ1v) is 8.25. The number of hydrogen-bond acceptors (Lipinski definition) is 5. The number of anilines is 1. The molecule has 1 aromatic carbocycles. The van der Waals surface area contributed by atoms with Crippen molar-refractivity contribution in [1.82, 2.24) is 15.0 Å². The van der Waals surface area contributed by atoms with Crippen molar-refractivity contribution in [3.63, 3.8) is 0 Å². The fraction of sp³-hybridized carbons (Fsp3) is 0.316. The van der Waals surface area contributed by atoms with Gasteiger partial charge in [-0.25, -0.2) is 9.97 Å². The van der Waals surface area contributed by atoms with E-state index < -0.39 is 5.60 Å². The summed E-state index contributed by atoms with van der Waals surface area (Å²) in [5.74, 6) is 0.937. The summed E-state index contributed by atoms with van der Waals surface area (Å²) in [6, 6.07) is 10.1. The molecular weight excluding hydrogens is 300 g/mol. The summed E-state index contributed by atoms with van der Waals surface area (Å²) < 4.78 is 0. The smallest absolute Gasteiger partial charge is 0.132 e. The van der Waals surface area contributed by atoms with E-state index in [1.165, 1.54) is 0 Å². The minimum absolute atomic E-state index is 0.678. The van der Waals surface area contributed by atoms with Gasteiger partial charge in [0.2, 0.25) is 0 Å². The Morgan fingerprint density at radius 3 is 2.75 bits per heavy atom. The number of pyridine rings is 1. The maximum Gasteiger partial charge on any atom is 0.132 e. The van der Waals surface area contributed by atoms with Gasteiger partial charge in [-0.1, -0.05) is 18.2 Å². The normalized spacial score (nSPS) is 17.2. The molecule has 3 heterocycles. The van der Waals surface area contributed by atoms with Crippen LogP contribution in [0.3, 0.4) is 0 Å². The van der Waals surface area contributed by atoms with Crippen LogP contribution in [0.15, 0.2) is 49.1 Å². The lowest BCUT2D eigenvalue weighted by Crippen LogP contribution is -2.43. The highest BCUT2D eigenvalue weighted by molar-refractivity contribution is 5.85. The summed E-state index contributed by atoms with van der Waals surface area (Å²) in [4.78, 5) is 14.9. The highest BCUT2D eigenvalue weighted by atomic mass is 16.3. The zero-order valence-electron chi connectivity index (χ0n) is 13.7. The first kappa shape index (κ1) is 15.0. The summed E-state index contributed by atoms with van der Waals surface area (Å²) in [7, 11) is 0. The average Bonchev–Trinajstić information content (AvgIpc) is 2.62. The number of aryl methyl sites for hydroxylation is 1. The van der Waals surface area contributed by atoms with Crippen LogP contribution < -0.4 is 4.90 Å². The summed E-state index contributed by atoms with van der Waals surface area (Å²) >= 11 is 0. The van der Waals surface area contributed by atoms with Crippen molar-refractivity contribution >= 4 is 16.6 Å². The molecule has 24 heavy (non-hydrogen) atoms. The first-order chi connectivity index (χ1) is 11.7. The predicted octanol–water partition coefficient (Wildman–Crippen LogP) is 2.82. The van der Waals surface area contributed by atoms with Gasteiger partial charge in [0.05, 0.1) is 5.60 Å². The number of fused-ring (bicyclic) bond motifs is 1. The fourth-order valence-corrected chi connectivity index (χ4v) is 3.52. The Hall–Kier alpha value is -2.53. The summed E-state index contributed by atoms with van der Waals surface area (Å²) in [5.41, 5.74) is 1.16. The van der Waals surface area contributed by atoms with E-state index in [0.717, 1.165) is 40.9 Å². The molecule has 1 fully saturated rings. The molecule has 0 unspecified atom stereocenters. The van der Waals surface area contributed by atoms with Crippen LogP contribution in [0.2, 0.25) is 0 Å². The van der Waals surface area contributed by atoms with Crippen molar-refractivity contribution in [2.24, 2.45) is 0 Å². The van der Waals surface area contributed by atoms with Crippen molar-refractivity contribution in [2.75, 3.05) is 18.0 Å². The fourth-order valence-electron chi connectivity index (χ4n) is 3.52. The lowest BCUT2D eigenvalue weighted by atomic mass is 9.82. The third-order valence-corrected chi connectivity index (χ3v) is 4.89. The van der Waals surface area contributed by atoms with Crippen LogP contribution in [-0.4, -0.2) is 33.1 Å². The molecule has 0 spiro atoms. The van der Waals surface area contributed by atoms with Crippen LogP contribution in [0.25, 0.3) is 10.8 Å². The molecule has 5 heteroatoms. The van der Waals surface area contributed by atoms with E-state index >= 15 is 0 Å². The van der Waals surface area contributed by atoms with E-state index in [-0.39, 0.29) is 0 Å². The molecule has 0 atom stereocenters. The lowest BCUT2D eigenvalue weighted by molar-refractivity contribution is 0.0131. The predicted molar refractivity (Wildman–Crippen MR) is 93.9 cm³/mol. The second-order valence-corrected chi connectivity index (χ2v) is 6.44. The number of piperidine rings is 1. The molecule has 3 aromatic rings. The third-order valence-electron chi connectivity index (χ3n) is 4.89. The van der Waals surface area contributed by atoms with Crippen LogP contribution >= 0.6 is 0 Å². The van der Waals surface area contributed by atoms with Gasteiger partial charge in [0.25, 0.3) is 0 Å². The Balaban J connectivity index is 1.61. The van der Waals surface area contributed by atoms with Gasteiger partial charge in [-0.3, -0.25) is 4.98 Å². The van der Waals surface area contributed by atoms with E-state index in [4.69, 9.17) is 0 Å². The van der Waals surface area contributed by atoms with Gasteiger partial charge in [0.15, 0.2) is 0 Å². The van der Waals surface area contributed by atoms with Crippen LogP contribution in [0.5, 0.6) is 0 Å². The van der Waals surface area contributed by atoms with Crippen molar-refractivity contribution < 1.29 is 5.11 Å². The standard InChI is InChI=1S/C19H20N4O/c1-14-11-18(22-13-21-14)23-9-6-19(24,7-10-23)17-4-2-3-15-12-20-8-5-16(15)17/h2-5,8,11-13,24H,6-7,9-10H2,1H3. The van der Waals surface area contributed by atoms with Gasteiger partial charge in [0.1, 0.15) is 12.1 Å². The van der Waals surface area contributed by atoms with Crippen molar-refractivity contribution in [3.8, 4) is 0 Å². The zero-order chi connectivity index (χ0) is 16.6. The van der Waals surface area contributed by atoms with E-state index in [1.54, 1.807) is 12.5 Å². The van der Waals surface area contributed by atoms with Gasteiger partial charge in [-0.15, -0.1) is 0 Å². The third kappa shape index (κ3) is 2.61. The Morgan fingerprint density at radius 2 is 1.96 bits per heavy atom. The van der Waals surface area contributed by atoms with E-state index in [9.17, 15) is 5.11 Å². The van der Waals surface area contributed by atoms with Crippen LogP contribution in [-0.2, 0) is 5.60 Å². The quantitative estimate of drug-likeness (QED) is 0.787. The molecule has 2 aromatic heterocycles. The maximum absolute atomic E-state index is 11.3. The minimum Gasteiger partial charge on any atom is -0.385 e. The zero-order valence-corrected chi connectivity index (χ0v) is 13.7. The number of aliphatic hydroxyl groups is 1. The molecule has 1 aliphatic rings. The van der Waals surface area contributed by atoms with Crippen molar-refractivity contribution in [3.05, 3.63) is 60.3 Å². The van der Waals surface area contributed by atoms with Crippen LogP contribution in [0, 0.1) is 6.92 Å². The molecule has 0 amide bonds. The molecular formula is C19H20N4O. The molecule has 1 N–H and O–H groups in total. The van der Waals surface area contributed by atoms with Gasteiger partial charge >= 0.3 is 0 Å². The molecule has 1 aliphatic heterocycles. The molecule has 0 aliphatic carbocycles. The average molecular weight is 320 g/mol. The van der Waals surface area contributed by atoms with Crippen LogP contribution in [0.1, 0.15) is 24.1 Å². The topological polar surface area (TPSA) is 62.1 Å². The Morgan fingerprint density at radius 1 is 1.12 bits per heavy atom. The first-order valence-electron chi connectivity index (χ1n) is 8.25. The number of hydrogen-bond donors (Lipinski definition) is 1.